The van der Waals surface area contributed by atoms with Crippen LogP contribution in [0.15, 0.2) is 70.0 Å². The number of hydrogen-bond acceptors (Lipinski definition) is 6. The molecule has 2 aromatic carbocycles. The molecule has 8 heteroatoms. The van der Waals surface area contributed by atoms with Crippen LogP contribution in [-0.4, -0.2) is 34.3 Å². The smallest absolute Gasteiger partial charge is 0.264 e. The predicted octanol–water partition coefficient (Wildman–Crippen LogP) is 3.55. The second-order valence-electron chi connectivity index (χ2n) is 7.97. The summed E-state index contributed by atoms with van der Waals surface area (Å²) < 4.78 is 12.0. The van der Waals surface area contributed by atoms with Gasteiger partial charge in [-0.3, -0.25) is 9.59 Å². The lowest BCUT2D eigenvalue weighted by Crippen LogP contribution is -2.35. The highest BCUT2D eigenvalue weighted by Crippen LogP contribution is 2.24. The number of nitrogens with one attached hydrogen (secondary N) is 1. The van der Waals surface area contributed by atoms with Gasteiger partial charge in [0.2, 0.25) is 11.7 Å². The first-order valence-corrected chi connectivity index (χ1v) is 11.0. The molecule has 2 heterocycles. The Balaban J connectivity index is 1.53. The zero-order valence-corrected chi connectivity index (χ0v) is 19.4. The van der Waals surface area contributed by atoms with E-state index in [9.17, 15) is 9.59 Å². The predicted molar refractivity (Wildman–Crippen MR) is 129 cm³/mol. The van der Waals surface area contributed by atoms with Crippen molar-refractivity contribution in [2.24, 2.45) is 0 Å². The summed E-state index contributed by atoms with van der Waals surface area (Å²) in [5.74, 6) is 0.959. The number of ether oxygens (including phenoxy) is 1. The molecular weight excluding hydrogens is 432 g/mol. The highest BCUT2D eigenvalue weighted by atomic mass is 16.5. The van der Waals surface area contributed by atoms with Gasteiger partial charge >= 0.3 is 0 Å². The highest BCUT2D eigenvalue weighted by Gasteiger charge is 2.20. The first kappa shape index (κ1) is 23.0. The van der Waals surface area contributed by atoms with Crippen molar-refractivity contribution in [3.8, 4) is 28.6 Å². The van der Waals surface area contributed by atoms with Crippen LogP contribution in [0.25, 0.3) is 22.8 Å². The van der Waals surface area contributed by atoms with E-state index in [2.05, 4.69) is 15.5 Å². The van der Waals surface area contributed by atoms with Crippen molar-refractivity contribution in [2.75, 3.05) is 13.7 Å². The summed E-state index contributed by atoms with van der Waals surface area (Å²) in [7, 11) is 1.59. The summed E-state index contributed by atoms with van der Waals surface area (Å²) in [5.41, 5.74) is 3.19. The zero-order valence-electron chi connectivity index (χ0n) is 19.4. The Bertz CT molecular complexity index is 1340. The van der Waals surface area contributed by atoms with Crippen LogP contribution in [0.3, 0.4) is 0 Å². The molecule has 0 saturated carbocycles. The van der Waals surface area contributed by atoms with Gasteiger partial charge in [-0.1, -0.05) is 35.5 Å². The van der Waals surface area contributed by atoms with Crippen molar-refractivity contribution in [2.45, 2.75) is 26.8 Å². The van der Waals surface area contributed by atoms with E-state index in [1.54, 1.807) is 26.2 Å². The number of aromatic nitrogens is 3. The van der Waals surface area contributed by atoms with Crippen molar-refractivity contribution in [1.82, 2.24) is 20.0 Å². The lowest BCUT2D eigenvalue weighted by molar-refractivity contribution is -0.121. The van der Waals surface area contributed by atoms with Crippen LogP contribution in [-0.2, 0) is 17.8 Å². The summed E-state index contributed by atoms with van der Waals surface area (Å²) in [6.07, 6.45) is 0.718. The number of hydrogen-bond donors (Lipinski definition) is 1. The zero-order chi connectivity index (χ0) is 24.1. The third-order valence-corrected chi connectivity index (χ3v) is 5.57. The minimum absolute atomic E-state index is 0.0911. The van der Waals surface area contributed by atoms with E-state index >= 15 is 0 Å². The fourth-order valence-corrected chi connectivity index (χ4v) is 3.76. The molecule has 0 bridgehead atoms. The van der Waals surface area contributed by atoms with E-state index in [0.717, 1.165) is 17.5 Å². The number of methoxy groups -OCH3 is 1. The monoisotopic (exact) mass is 458 g/mol. The third kappa shape index (κ3) is 5.06. The number of carbonyl (C=O) groups excluding carboxylic acids is 1. The molecule has 2 aromatic heterocycles. The number of amides is 1. The maximum atomic E-state index is 13.3. The van der Waals surface area contributed by atoms with Crippen LogP contribution < -0.4 is 15.6 Å². The van der Waals surface area contributed by atoms with Gasteiger partial charge in [0, 0.05) is 17.8 Å². The summed E-state index contributed by atoms with van der Waals surface area (Å²) in [4.78, 5) is 30.3. The molecule has 0 aliphatic rings. The molecule has 1 N–H and O–H groups in total. The van der Waals surface area contributed by atoms with Crippen molar-refractivity contribution in [3.63, 3.8) is 0 Å². The Morgan fingerprint density at radius 1 is 1.09 bits per heavy atom. The minimum Gasteiger partial charge on any atom is -0.497 e. The largest absolute Gasteiger partial charge is 0.497 e. The topological polar surface area (TPSA) is 99.3 Å². The van der Waals surface area contributed by atoms with Crippen LogP contribution in [0, 0.1) is 13.8 Å². The van der Waals surface area contributed by atoms with Gasteiger partial charge in [-0.15, -0.1) is 0 Å². The van der Waals surface area contributed by atoms with Gasteiger partial charge < -0.3 is 19.1 Å². The van der Waals surface area contributed by atoms with Crippen LogP contribution in [0.5, 0.6) is 5.75 Å². The lowest BCUT2D eigenvalue weighted by Gasteiger charge is -2.13. The molecule has 4 aromatic rings. The van der Waals surface area contributed by atoms with E-state index in [-0.39, 0.29) is 29.5 Å². The number of aryl methyl sites for hydroxylation is 2. The number of rotatable bonds is 8. The molecule has 0 aliphatic carbocycles. The van der Waals surface area contributed by atoms with Gasteiger partial charge in [0.1, 0.15) is 17.9 Å². The molecule has 0 radical (unpaired) electrons. The molecule has 34 heavy (non-hydrogen) atoms. The van der Waals surface area contributed by atoms with Crippen LogP contribution in [0.4, 0.5) is 0 Å². The highest BCUT2D eigenvalue weighted by molar-refractivity contribution is 5.76. The number of nitrogens with zero attached hydrogens (tertiary/aromatic N) is 3. The Kier molecular flexibility index (Phi) is 6.87. The van der Waals surface area contributed by atoms with Crippen molar-refractivity contribution in [3.05, 3.63) is 87.8 Å². The summed E-state index contributed by atoms with van der Waals surface area (Å²) in [6.45, 7) is 4.01. The summed E-state index contributed by atoms with van der Waals surface area (Å²) in [5, 5.41) is 6.91. The van der Waals surface area contributed by atoms with E-state index in [1.807, 2.05) is 55.5 Å². The number of carbonyl (C=O) groups is 1. The molecule has 1 amide bonds. The number of pyridine rings is 1. The quantitative estimate of drug-likeness (QED) is 0.434. The Hall–Kier alpha value is -4.20. The SMILES string of the molecule is COc1ccc(-c2noc(-c3c(C)cc(C)n(CC(=O)NCCc4ccccc4)c3=O)n2)cc1. The standard InChI is InChI=1S/C26H26N4O4/c1-17-15-18(2)30(16-22(31)27-14-13-19-7-5-4-6-8-19)26(32)23(17)25-28-24(29-34-25)20-9-11-21(33-3)12-10-20/h4-12,15H,13-14,16H2,1-3H3,(H,27,31). The molecule has 8 nitrogen and oxygen atoms in total. The maximum Gasteiger partial charge on any atom is 0.264 e. The molecule has 174 valence electrons. The average molecular weight is 459 g/mol. The molecule has 0 aliphatic heterocycles. The fraction of sp³-hybridized carbons (Fsp3) is 0.231. The minimum atomic E-state index is -0.347. The van der Waals surface area contributed by atoms with E-state index in [1.165, 1.54) is 4.57 Å². The summed E-state index contributed by atoms with van der Waals surface area (Å²) in [6, 6.07) is 19.0. The molecule has 4 rings (SSSR count). The lowest BCUT2D eigenvalue weighted by atomic mass is 10.1. The van der Waals surface area contributed by atoms with Gasteiger partial charge in [0.15, 0.2) is 0 Å². The van der Waals surface area contributed by atoms with Gasteiger partial charge in [0.05, 0.1) is 7.11 Å². The van der Waals surface area contributed by atoms with Crippen molar-refractivity contribution >= 4 is 5.91 Å². The van der Waals surface area contributed by atoms with Crippen LogP contribution in [0.2, 0.25) is 0 Å². The summed E-state index contributed by atoms with van der Waals surface area (Å²) >= 11 is 0. The van der Waals surface area contributed by atoms with Gasteiger partial charge in [0.25, 0.3) is 11.4 Å². The molecule has 0 fully saturated rings. The second-order valence-corrected chi connectivity index (χ2v) is 7.97. The van der Waals surface area contributed by atoms with E-state index < -0.39 is 0 Å². The van der Waals surface area contributed by atoms with Gasteiger partial charge in [-0.25, -0.2) is 0 Å². The fourth-order valence-electron chi connectivity index (χ4n) is 3.76. The average Bonchev–Trinajstić information content (AvgIpc) is 3.32. The maximum absolute atomic E-state index is 13.3. The Morgan fingerprint density at radius 3 is 2.53 bits per heavy atom. The molecule has 0 spiro atoms. The normalized spacial score (nSPS) is 10.8. The van der Waals surface area contributed by atoms with Crippen molar-refractivity contribution < 1.29 is 14.1 Å². The van der Waals surface area contributed by atoms with Crippen LogP contribution in [0.1, 0.15) is 16.8 Å². The van der Waals surface area contributed by atoms with Gasteiger partial charge in [-0.2, -0.15) is 4.98 Å². The Morgan fingerprint density at radius 2 is 1.82 bits per heavy atom. The van der Waals surface area contributed by atoms with Gasteiger partial charge in [-0.05, 0) is 61.7 Å². The Labute approximate surface area is 197 Å². The first-order chi connectivity index (χ1) is 16.5. The molecule has 0 saturated heterocycles. The molecule has 0 unspecified atom stereocenters. The second kappa shape index (κ2) is 10.2. The van der Waals surface area contributed by atoms with E-state index in [0.29, 0.717) is 29.4 Å². The first-order valence-electron chi connectivity index (χ1n) is 11.0. The molecule has 0 atom stereocenters. The van der Waals surface area contributed by atoms with Crippen molar-refractivity contribution in [1.29, 1.82) is 0 Å². The number of benzene rings is 2. The third-order valence-electron chi connectivity index (χ3n) is 5.57. The molecular formula is C26H26N4O4. The van der Waals surface area contributed by atoms with Crippen LogP contribution >= 0.6 is 0 Å². The van der Waals surface area contributed by atoms with E-state index in [4.69, 9.17) is 9.26 Å².